The van der Waals surface area contributed by atoms with Gasteiger partial charge >= 0.3 is 0 Å². The lowest BCUT2D eigenvalue weighted by atomic mass is 9.68. The minimum atomic E-state index is -3.74. The predicted octanol–water partition coefficient (Wildman–Crippen LogP) is 2.81. The van der Waals surface area contributed by atoms with Crippen LogP contribution in [-0.2, 0) is 28.6 Å². The van der Waals surface area contributed by atoms with Crippen molar-refractivity contribution in [2.24, 2.45) is 11.8 Å². The summed E-state index contributed by atoms with van der Waals surface area (Å²) in [4.78, 5) is 0. The second-order valence-corrected chi connectivity index (χ2v) is 11.3. The van der Waals surface area contributed by atoms with Crippen LogP contribution in [0.2, 0.25) is 0 Å². The average Bonchev–Trinajstić information content (AvgIpc) is 2.66. The molecule has 1 aliphatic rings. The molecule has 0 spiro atoms. The standard InChI is InChI=1S/C20H31FO7S2/c1-3-11-29(23,24)27-13-16-7-10-19(22)20(15-5-8-17(21)9-6-15)18(16)14-28-30(25,26)12-4-2/h5-6,8-9,16,18-20,22H,3-4,7,10-14H2,1-2H3/t16-,18-,19-,20+/m1/s1. The van der Waals surface area contributed by atoms with E-state index in [0.29, 0.717) is 31.2 Å². The molecule has 1 N–H and O–H groups in total. The van der Waals surface area contributed by atoms with Crippen molar-refractivity contribution in [3.8, 4) is 0 Å². The van der Waals surface area contributed by atoms with Crippen LogP contribution in [-0.4, -0.2) is 52.8 Å². The Bertz CT molecular complexity index is 869. The summed E-state index contributed by atoms with van der Waals surface area (Å²) in [6.07, 6.45) is 0.885. The first-order valence-electron chi connectivity index (χ1n) is 10.3. The second-order valence-electron chi connectivity index (χ2n) is 7.74. The summed E-state index contributed by atoms with van der Waals surface area (Å²) >= 11 is 0. The molecule has 0 bridgehead atoms. The van der Waals surface area contributed by atoms with Crippen LogP contribution < -0.4 is 0 Å². The van der Waals surface area contributed by atoms with E-state index in [-0.39, 0.29) is 30.6 Å². The van der Waals surface area contributed by atoms with Gasteiger partial charge < -0.3 is 5.11 Å². The van der Waals surface area contributed by atoms with Gasteiger partial charge in [-0.3, -0.25) is 8.37 Å². The van der Waals surface area contributed by atoms with Crippen LogP contribution in [0.1, 0.15) is 51.0 Å². The average molecular weight is 467 g/mol. The molecular weight excluding hydrogens is 435 g/mol. The lowest BCUT2D eigenvalue weighted by Crippen LogP contribution is -2.41. The first-order valence-corrected chi connectivity index (χ1v) is 13.4. The molecule has 1 aromatic carbocycles. The van der Waals surface area contributed by atoms with E-state index in [2.05, 4.69) is 0 Å². The van der Waals surface area contributed by atoms with Gasteiger partial charge in [0.05, 0.1) is 30.8 Å². The summed E-state index contributed by atoms with van der Waals surface area (Å²) in [6, 6.07) is 5.65. The zero-order valence-electron chi connectivity index (χ0n) is 17.4. The maximum atomic E-state index is 13.4. The summed E-state index contributed by atoms with van der Waals surface area (Å²) < 4.78 is 72.0. The van der Waals surface area contributed by atoms with E-state index in [1.54, 1.807) is 26.0 Å². The van der Waals surface area contributed by atoms with Gasteiger partial charge in [-0.05, 0) is 55.2 Å². The molecule has 0 aromatic heterocycles. The first-order chi connectivity index (χ1) is 14.1. The highest BCUT2D eigenvalue weighted by atomic mass is 32.2. The van der Waals surface area contributed by atoms with E-state index in [0.717, 1.165) is 0 Å². The first kappa shape index (κ1) is 25.2. The molecule has 1 aromatic rings. The molecule has 1 aliphatic carbocycles. The SMILES string of the molecule is CCCS(=O)(=O)OC[C@H]1CC[C@@H](O)[C@@H](c2ccc(F)cc2)[C@@H]1COS(=O)(=O)CCC. The summed E-state index contributed by atoms with van der Waals surface area (Å²) in [5, 5.41) is 10.7. The Balaban J connectivity index is 2.28. The van der Waals surface area contributed by atoms with Crippen LogP contribution >= 0.6 is 0 Å². The maximum Gasteiger partial charge on any atom is 0.267 e. The molecule has 0 radical (unpaired) electrons. The van der Waals surface area contributed by atoms with E-state index in [1.165, 1.54) is 12.1 Å². The van der Waals surface area contributed by atoms with Gasteiger partial charge in [0, 0.05) is 5.92 Å². The number of benzene rings is 1. The Kier molecular flexibility index (Phi) is 9.23. The fourth-order valence-corrected chi connectivity index (χ4v) is 5.93. The smallest absolute Gasteiger partial charge is 0.267 e. The minimum Gasteiger partial charge on any atom is -0.392 e. The van der Waals surface area contributed by atoms with Crippen LogP contribution in [0.4, 0.5) is 4.39 Å². The van der Waals surface area contributed by atoms with E-state index >= 15 is 0 Å². The Labute approximate surface area is 178 Å². The van der Waals surface area contributed by atoms with Crippen molar-refractivity contribution in [2.75, 3.05) is 24.7 Å². The van der Waals surface area contributed by atoms with Crippen LogP contribution in [0, 0.1) is 17.7 Å². The third kappa shape index (κ3) is 7.26. The third-order valence-corrected chi connectivity index (χ3v) is 8.19. The molecule has 0 heterocycles. The molecule has 0 aliphatic heterocycles. The normalized spacial score (nSPS) is 25.3. The van der Waals surface area contributed by atoms with Gasteiger partial charge in [-0.15, -0.1) is 0 Å². The highest BCUT2D eigenvalue weighted by molar-refractivity contribution is 7.86. The van der Waals surface area contributed by atoms with Gasteiger partial charge in [0.2, 0.25) is 0 Å². The van der Waals surface area contributed by atoms with Crippen LogP contribution in [0.5, 0.6) is 0 Å². The Hall–Kier alpha value is -1.07. The molecule has 0 saturated heterocycles. The highest BCUT2D eigenvalue weighted by Gasteiger charge is 2.41. The van der Waals surface area contributed by atoms with Gasteiger partial charge in [0.15, 0.2) is 0 Å². The van der Waals surface area contributed by atoms with Crippen molar-refractivity contribution >= 4 is 20.2 Å². The number of hydrogen-bond acceptors (Lipinski definition) is 7. The van der Waals surface area contributed by atoms with E-state index in [9.17, 15) is 26.3 Å². The van der Waals surface area contributed by atoms with E-state index in [1.807, 2.05) is 0 Å². The minimum absolute atomic E-state index is 0.101. The maximum absolute atomic E-state index is 13.4. The zero-order chi connectivity index (χ0) is 22.4. The molecule has 10 heteroatoms. The molecule has 4 atom stereocenters. The summed E-state index contributed by atoms with van der Waals surface area (Å²) in [7, 11) is -7.42. The van der Waals surface area contributed by atoms with Crippen molar-refractivity contribution in [3.05, 3.63) is 35.6 Å². The molecule has 1 fully saturated rings. The quantitative estimate of drug-likeness (QED) is 0.500. The number of aliphatic hydroxyl groups excluding tert-OH is 1. The summed E-state index contributed by atoms with van der Waals surface area (Å²) in [6.45, 7) is 3.14. The molecule has 2 rings (SSSR count). The molecule has 0 unspecified atom stereocenters. The molecule has 30 heavy (non-hydrogen) atoms. The molecule has 0 amide bonds. The third-order valence-electron chi connectivity index (χ3n) is 5.38. The summed E-state index contributed by atoms with van der Waals surface area (Å²) in [5.41, 5.74) is 0.645. The van der Waals surface area contributed by atoms with Crippen molar-refractivity contribution in [3.63, 3.8) is 0 Å². The van der Waals surface area contributed by atoms with Gasteiger partial charge in [0.25, 0.3) is 20.2 Å². The van der Waals surface area contributed by atoms with E-state index in [4.69, 9.17) is 8.37 Å². The monoisotopic (exact) mass is 466 g/mol. The zero-order valence-corrected chi connectivity index (χ0v) is 19.0. The number of hydrogen-bond donors (Lipinski definition) is 1. The molecule has 172 valence electrons. The van der Waals surface area contributed by atoms with Crippen molar-refractivity contribution in [1.82, 2.24) is 0 Å². The summed E-state index contributed by atoms with van der Waals surface area (Å²) in [5.74, 6) is -2.04. The lowest BCUT2D eigenvalue weighted by molar-refractivity contribution is 0.00754. The fourth-order valence-electron chi connectivity index (χ4n) is 3.95. The lowest BCUT2D eigenvalue weighted by Gasteiger charge is -2.41. The van der Waals surface area contributed by atoms with Crippen LogP contribution in [0.15, 0.2) is 24.3 Å². The Morgan fingerprint density at radius 3 is 2.00 bits per heavy atom. The van der Waals surface area contributed by atoms with Gasteiger partial charge in [0.1, 0.15) is 5.82 Å². The number of rotatable bonds is 11. The Morgan fingerprint density at radius 1 is 0.933 bits per heavy atom. The fraction of sp³-hybridized carbons (Fsp3) is 0.700. The number of aliphatic hydroxyl groups is 1. The second kappa shape index (κ2) is 11.0. The van der Waals surface area contributed by atoms with Crippen LogP contribution in [0.25, 0.3) is 0 Å². The molecular formula is C20H31FO7S2. The largest absolute Gasteiger partial charge is 0.392 e. The Morgan fingerprint density at radius 2 is 1.47 bits per heavy atom. The highest BCUT2D eigenvalue weighted by Crippen LogP contribution is 2.42. The topological polar surface area (TPSA) is 107 Å². The van der Waals surface area contributed by atoms with Gasteiger partial charge in [-0.1, -0.05) is 26.0 Å². The molecule has 1 saturated carbocycles. The van der Waals surface area contributed by atoms with Crippen molar-refractivity contribution in [1.29, 1.82) is 0 Å². The number of halogens is 1. The van der Waals surface area contributed by atoms with Gasteiger partial charge in [-0.25, -0.2) is 4.39 Å². The van der Waals surface area contributed by atoms with Crippen LogP contribution in [0.3, 0.4) is 0 Å². The van der Waals surface area contributed by atoms with Crippen molar-refractivity contribution in [2.45, 2.75) is 51.6 Å². The van der Waals surface area contributed by atoms with Crippen molar-refractivity contribution < 1.29 is 34.7 Å². The van der Waals surface area contributed by atoms with Gasteiger partial charge in [-0.2, -0.15) is 16.8 Å². The predicted molar refractivity (Wildman–Crippen MR) is 111 cm³/mol. The van der Waals surface area contributed by atoms with E-state index < -0.39 is 44.0 Å². The molecule has 7 nitrogen and oxygen atoms in total.